The van der Waals surface area contributed by atoms with Crippen LogP contribution in [-0.4, -0.2) is 36.6 Å². The standard InChI is InChI=1S/C17H31N3O/c1-14(13-21-3)11-16(18-2)12-15-9-10-20(19-15)17-7-5-4-6-8-17/h9-10,14,16-18H,4-8,11-13H2,1-3H3. The van der Waals surface area contributed by atoms with Crippen molar-refractivity contribution >= 4 is 0 Å². The van der Waals surface area contributed by atoms with Gasteiger partial charge in [0.2, 0.25) is 0 Å². The predicted octanol–water partition coefficient (Wildman–Crippen LogP) is 3.19. The van der Waals surface area contributed by atoms with Crippen LogP contribution < -0.4 is 5.32 Å². The Morgan fingerprint density at radius 1 is 1.38 bits per heavy atom. The topological polar surface area (TPSA) is 39.1 Å². The highest BCUT2D eigenvalue weighted by Gasteiger charge is 2.18. The lowest BCUT2D eigenvalue weighted by Crippen LogP contribution is -2.30. The van der Waals surface area contributed by atoms with Gasteiger partial charge in [0.25, 0.3) is 0 Å². The van der Waals surface area contributed by atoms with E-state index in [9.17, 15) is 0 Å². The van der Waals surface area contributed by atoms with Gasteiger partial charge in [-0.25, -0.2) is 0 Å². The van der Waals surface area contributed by atoms with E-state index in [1.165, 1.54) is 37.8 Å². The number of aromatic nitrogens is 2. The van der Waals surface area contributed by atoms with Gasteiger partial charge in [0.05, 0.1) is 11.7 Å². The average molecular weight is 293 g/mol. The number of nitrogens with one attached hydrogen (secondary N) is 1. The molecule has 2 rings (SSSR count). The summed E-state index contributed by atoms with van der Waals surface area (Å²) in [4.78, 5) is 0. The van der Waals surface area contributed by atoms with Crippen LogP contribution in [0.25, 0.3) is 0 Å². The van der Waals surface area contributed by atoms with Crippen molar-refractivity contribution in [2.75, 3.05) is 20.8 Å². The summed E-state index contributed by atoms with van der Waals surface area (Å²) in [6.07, 6.45) is 11.0. The molecule has 21 heavy (non-hydrogen) atoms. The summed E-state index contributed by atoms with van der Waals surface area (Å²) in [7, 11) is 3.82. The van der Waals surface area contributed by atoms with E-state index < -0.39 is 0 Å². The third-order valence-corrected chi connectivity index (χ3v) is 4.61. The summed E-state index contributed by atoms with van der Waals surface area (Å²) < 4.78 is 7.44. The molecule has 0 spiro atoms. The van der Waals surface area contributed by atoms with Crippen LogP contribution in [0.4, 0.5) is 0 Å². The smallest absolute Gasteiger partial charge is 0.0640 e. The molecule has 0 radical (unpaired) electrons. The predicted molar refractivity (Wildman–Crippen MR) is 86.6 cm³/mol. The van der Waals surface area contributed by atoms with E-state index in [1.807, 2.05) is 7.05 Å². The van der Waals surface area contributed by atoms with Crippen LogP contribution in [0.2, 0.25) is 0 Å². The van der Waals surface area contributed by atoms with Crippen molar-refractivity contribution in [1.29, 1.82) is 0 Å². The van der Waals surface area contributed by atoms with Crippen molar-refractivity contribution in [1.82, 2.24) is 15.1 Å². The van der Waals surface area contributed by atoms with Crippen LogP contribution in [0.15, 0.2) is 12.3 Å². The number of nitrogens with zero attached hydrogens (tertiary/aromatic N) is 2. The van der Waals surface area contributed by atoms with Crippen LogP contribution in [0, 0.1) is 5.92 Å². The number of hydrogen-bond acceptors (Lipinski definition) is 3. The maximum Gasteiger partial charge on any atom is 0.0640 e. The molecular formula is C17H31N3O. The first-order valence-electron chi connectivity index (χ1n) is 8.43. The molecular weight excluding hydrogens is 262 g/mol. The fourth-order valence-electron chi connectivity index (χ4n) is 3.43. The molecule has 2 atom stereocenters. The van der Waals surface area contributed by atoms with Gasteiger partial charge in [-0.2, -0.15) is 5.10 Å². The number of hydrogen-bond donors (Lipinski definition) is 1. The SMILES string of the molecule is CNC(Cc1ccn(C2CCCCC2)n1)CC(C)COC. The fraction of sp³-hybridized carbons (Fsp3) is 0.824. The van der Waals surface area contributed by atoms with Crippen LogP contribution >= 0.6 is 0 Å². The van der Waals surface area contributed by atoms with Gasteiger partial charge in [0, 0.05) is 32.4 Å². The van der Waals surface area contributed by atoms with E-state index in [0.29, 0.717) is 18.0 Å². The second-order valence-corrected chi connectivity index (χ2v) is 6.56. The second-order valence-electron chi connectivity index (χ2n) is 6.56. The summed E-state index contributed by atoms with van der Waals surface area (Å²) in [5.41, 5.74) is 1.21. The van der Waals surface area contributed by atoms with E-state index in [-0.39, 0.29) is 0 Å². The molecule has 0 amide bonds. The molecule has 1 aromatic heterocycles. The van der Waals surface area contributed by atoms with E-state index in [2.05, 4.69) is 29.2 Å². The van der Waals surface area contributed by atoms with Crippen molar-refractivity contribution in [3.8, 4) is 0 Å². The summed E-state index contributed by atoms with van der Waals surface area (Å²) >= 11 is 0. The van der Waals surface area contributed by atoms with Gasteiger partial charge < -0.3 is 10.1 Å². The average Bonchev–Trinajstić information content (AvgIpc) is 2.96. The number of methoxy groups -OCH3 is 1. The van der Waals surface area contributed by atoms with Crippen molar-refractivity contribution in [3.63, 3.8) is 0 Å². The largest absolute Gasteiger partial charge is 0.384 e. The lowest BCUT2D eigenvalue weighted by molar-refractivity contribution is 0.149. The Balaban J connectivity index is 1.87. The van der Waals surface area contributed by atoms with Crippen LogP contribution in [0.3, 0.4) is 0 Å². The van der Waals surface area contributed by atoms with E-state index in [0.717, 1.165) is 19.4 Å². The molecule has 4 nitrogen and oxygen atoms in total. The highest BCUT2D eigenvalue weighted by Crippen LogP contribution is 2.27. The molecule has 1 aliphatic rings. The fourth-order valence-corrected chi connectivity index (χ4v) is 3.43. The molecule has 120 valence electrons. The Morgan fingerprint density at radius 2 is 2.14 bits per heavy atom. The lowest BCUT2D eigenvalue weighted by Gasteiger charge is -2.22. The number of ether oxygens (including phenoxy) is 1. The first kappa shape index (κ1) is 16.5. The highest BCUT2D eigenvalue weighted by molar-refractivity contribution is 5.02. The van der Waals surface area contributed by atoms with Gasteiger partial charge >= 0.3 is 0 Å². The number of likely N-dealkylation sites (N-methyl/N-ethyl adjacent to an activating group) is 1. The summed E-state index contributed by atoms with van der Waals surface area (Å²) in [5, 5.41) is 8.24. The Labute approximate surface area is 129 Å². The third kappa shape index (κ3) is 5.11. The van der Waals surface area contributed by atoms with Crippen molar-refractivity contribution < 1.29 is 4.74 Å². The van der Waals surface area contributed by atoms with E-state index in [1.54, 1.807) is 7.11 Å². The minimum atomic E-state index is 0.477. The molecule has 1 N–H and O–H groups in total. The molecule has 0 aromatic carbocycles. The van der Waals surface area contributed by atoms with Gasteiger partial charge in [-0.05, 0) is 38.3 Å². The molecule has 0 saturated heterocycles. The zero-order valence-corrected chi connectivity index (χ0v) is 13.8. The minimum Gasteiger partial charge on any atom is -0.384 e. The minimum absolute atomic E-state index is 0.477. The Kier molecular flexibility index (Phi) is 6.71. The quantitative estimate of drug-likeness (QED) is 0.800. The summed E-state index contributed by atoms with van der Waals surface area (Å²) in [5.74, 6) is 0.577. The van der Waals surface area contributed by atoms with Gasteiger partial charge in [-0.3, -0.25) is 4.68 Å². The van der Waals surface area contributed by atoms with Crippen molar-refractivity contribution in [2.45, 2.75) is 64.0 Å². The first-order chi connectivity index (χ1) is 10.2. The zero-order valence-electron chi connectivity index (χ0n) is 13.8. The summed E-state index contributed by atoms with van der Waals surface area (Å²) in [6, 6.07) is 3.30. The summed E-state index contributed by atoms with van der Waals surface area (Å²) in [6.45, 7) is 3.07. The maximum absolute atomic E-state index is 5.24. The molecule has 1 aromatic rings. The molecule has 1 fully saturated rings. The van der Waals surface area contributed by atoms with Crippen LogP contribution in [-0.2, 0) is 11.2 Å². The van der Waals surface area contributed by atoms with Gasteiger partial charge in [0.15, 0.2) is 0 Å². The van der Waals surface area contributed by atoms with Gasteiger partial charge in [-0.1, -0.05) is 26.2 Å². The Morgan fingerprint density at radius 3 is 2.81 bits per heavy atom. The normalized spacial score (nSPS) is 19.6. The molecule has 1 aliphatic carbocycles. The molecule has 0 aliphatic heterocycles. The number of rotatable bonds is 8. The lowest BCUT2D eigenvalue weighted by atomic mass is 9.96. The van der Waals surface area contributed by atoms with Gasteiger partial charge in [-0.15, -0.1) is 0 Å². The Hall–Kier alpha value is -0.870. The monoisotopic (exact) mass is 293 g/mol. The van der Waals surface area contributed by atoms with Crippen molar-refractivity contribution in [3.05, 3.63) is 18.0 Å². The maximum atomic E-state index is 5.24. The van der Waals surface area contributed by atoms with E-state index >= 15 is 0 Å². The molecule has 1 saturated carbocycles. The second kappa shape index (κ2) is 8.54. The van der Waals surface area contributed by atoms with Crippen molar-refractivity contribution in [2.24, 2.45) is 5.92 Å². The highest BCUT2D eigenvalue weighted by atomic mass is 16.5. The Bertz CT molecular complexity index is 398. The van der Waals surface area contributed by atoms with E-state index in [4.69, 9.17) is 9.84 Å². The van der Waals surface area contributed by atoms with Crippen LogP contribution in [0.5, 0.6) is 0 Å². The van der Waals surface area contributed by atoms with Crippen LogP contribution in [0.1, 0.15) is 57.2 Å². The molecule has 1 heterocycles. The zero-order chi connectivity index (χ0) is 15.1. The molecule has 2 unspecified atom stereocenters. The first-order valence-corrected chi connectivity index (χ1v) is 8.43. The van der Waals surface area contributed by atoms with Gasteiger partial charge in [0.1, 0.15) is 0 Å². The molecule has 0 bridgehead atoms. The third-order valence-electron chi connectivity index (χ3n) is 4.61. The molecule has 4 heteroatoms.